The first kappa shape index (κ1) is 14.8. The van der Waals surface area contributed by atoms with Crippen molar-refractivity contribution in [1.29, 1.82) is 0 Å². The topological polar surface area (TPSA) is 103 Å². The van der Waals surface area contributed by atoms with Crippen LogP contribution in [-0.4, -0.2) is 29.3 Å². The van der Waals surface area contributed by atoms with Crippen molar-refractivity contribution >= 4 is 29.1 Å². The van der Waals surface area contributed by atoms with Gasteiger partial charge in [0, 0.05) is 30.1 Å². The van der Waals surface area contributed by atoms with Crippen molar-refractivity contribution in [1.82, 2.24) is 21.2 Å². The van der Waals surface area contributed by atoms with Gasteiger partial charge in [0.1, 0.15) is 5.69 Å². The van der Waals surface area contributed by atoms with Gasteiger partial charge in [-0.25, -0.2) is 0 Å². The van der Waals surface area contributed by atoms with Gasteiger partial charge in [0.25, 0.3) is 11.8 Å². The maximum absolute atomic E-state index is 11.6. The third-order valence-corrected chi connectivity index (χ3v) is 3.26. The summed E-state index contributed by atoms with van der Waals surface area (Å²) in [6.07, 6.45) is 1.68. The van der Waals surface area contributed by atoms with E-state index in [1.54, 1.807) is 35.2 Å². The predicted octanol–water partition coefficient (Wildman–Crippen LogP) is 0.657. The number of hydrazine groups is 1. The van der Waals surface area contributed by atoms with Crippen LogP contribution in [0.3, 0.4) is 0 Å². The molecule has 3 amide bonds. The van der Waals surface area contributed by atoms with Gasteiger partial charge in [-0.2, -0.15) is 11.3 Å². The Morgan fingerprint density at radius 2 is 2.00 bits per heavy atom. The van der Waals surface area contributed by atoms with Crippen LogP contribution in [0.4, 0.5) is 0 Å². The lowest BCUT2D eigenvalue weighted by molar-refractivity contribution is -0.121. The molecule has 0 saturated heterocycles. The second-order valence-corrected chi connectivity index (χ2v) is 4.88. The highest BCUT2D eigenvalue weighted by atomic mass is 32.1. The molecule has 2 aromatic rings. The first-order valence-electron chi connectivity index (χ1n) is 6.20. The normalized spacial score (nSPS) is 9.90. The number of aromatic nitrogens is 1. The molecule has 0 atom stereocenters. The lowest BCUT2D eigenvalue weighted by Crippen LogP contribution is -2.42. The van der Waals surface area contributed by atoms with Gasteiger partial charge in [-0.3, -0.25) is 25.2 Å². The van der Waals surface area contributed by atoms with E-state index < -0.39 is 5.91 Å². The summed E-state index contributed by atoms with van der Waals surface area (Å²) < 4.78 is 0. The van der Waals surface area contributed by atoms with Gasteiger partial charge in [-0.1, -0.05) is 0 Å². The van der Waals surface area contributed by atoms with Crippen LogP contribution in [0.25, 0.3) is 0 Å². The van der Waals surface area contributed by atoms with E-state index in [1.807, 2.05) is 0 Å². The molecule has 0 aliphatic carbocycles. The molecule has 0 radical (unpaired) electrons. The first-order valence-corrected chi connectivity index (χ1v) is 7.14. The van der Waals surface area contributed by atoms with Crippen molar-refractivity contribution in [2.45, 2.75) is 6.42 Å². The monoisotopic (exact) mass is 306 g/mol. The van der Waals surface area contributed by atoms with Gasteiger partial charge < -0.3 is 10.3 Å². The lowest BCUT2D eigenvalue weighted by atomic mass is 10.3. The maximum Gasteiger partial charge on any atom is 0.286 e. The lowest BCUT2D eigenvalue weighted by Gasteiger charge is -2.07. The molecule has 110 valence electrons. The van der Waals surface area contributed by atoms with E-state index >= 15 is 0 Å². The maximum atomic E-state index is 11.6. The van der Waals surface area contributed by atoms with Crippen molar-refractivity contribution in [2.24, 2.45) is 0 Å². The fraction of sp³-hybridized carbons (Fsp3) is 0.154. The largest absolute Gasteiger partial charge is 0.357 e. The van der Waals surface area contributed by atoms with E-state index in [0.717, 1.165) is 0 Å². The van der Waals surface area contributed by atoms with Crippen molar-refractivity contribution in [2.75, 3.05) is 6.54 Å². The van der Waals surface area contributed by atoms with Crippen molar-refractivity contribution < 1.29 is 14.4 Å². The highest BCUT2D eigenvalue weighted by molar-refractivity contribution is 7.08. The smallest absolute Gasteiger partial charge is 0.286 e. The Morgan fingerprint density at radius 3 is 2.67 bits per heavy atom. The van der Waals surface area contributed by atoms with Crippen LogP contribution >= 0.6 is 11.3 Å². The van der Waals surface area contributed by atoms with Crippen LogP contribution in [-0.2, 0) is 4.79 Å². The van der Waals surface area contributed by atoms with Gasteiger partial charge >= 0.3 is 0 Å². The van der Waals surface area contributed by atoms with Crippen molar-refractivity contribution in [3.63, 3.8) is 0 Å². The van der Waals surface area contributed by atoms with E-state index in [9.17, 15) is 14.4 Å². The minimum atomic E-state index is -0.435. The summed E-state index contributed by atoms with van der Waals surface area (Å²) in [7, 11) is 0. The molecule has 0 spiro atoms. The van der Waals surface area contributed by atoms with E-state index in [2.05, 4.69) is 21.2 Å². The Morgan fingerprint density at radius 1 is 1.14 bits per heavy atom. The quantitative estimate of drug-likeness (QED) is 0.610. The van der Waals surface area contributed by atoms with Crippen LogP contribution in [0.15, 0.2) is 35.2 Å². The number of carbonyl (C=O) groups excluding carboxylic acids is 3. The molecule has 0 saturated carbocycles. The number of nitrogens with one attached hydrogen (secondary N) is 4. The summed E-state index contributed by atoms with van der Waals surface area (Å²) in [5.41, 5.74) is 5.46. The van der Waals surface area contributed by atoms with Crippen LogP contribution < -0.4 is 16.2 Å². The Balaban J connectivity index is 1.64. The Hall–Kier alpha value is -2.61. The molecule has 2 aromatic heterocycles. The summed E-state index contributed by atoms with van der Waals surface area (Å²) in [6.45, 7) is 0.193. The van der Waals surface area contributed by atoms with Crippen LogP contribution in [0.5, 0.6) is 0 Å². The Labute approximate surface area is 124 Å². The highest BCUT2D eigenvalue weighted by Crippen LogP contribution is 2.04. The third kappa shape index (κ3) is 4.46. The molecule has 2 heterocycles. The Bertz CT molecular complexity index is 607. The first-order chi connectivity index (χ1) is 10.2. The number of aromatic amines is 1. The molecule has 8 heteroatoms. The summed E-state index contributed by atoms with van der Waals surface area (Å²) >= 11 is 1.43. The number of hydrogen-bond acceptors (Lipinski definition) is 4. The summed E-state index contributed by atoms with van der Waals surface area (Å²) in [5.74, 6) is -1.05. The molecular weight excluding hydrogens is 292 g/mol. The number of thiophene rings is 1. The van der Waals surface area contributed by atoms with E-state index in [0.29, 0.717) is 11.3 Å². The standard InChI is InChI=1S/C13H14N4O3S/c18-11(16-17-13(20)10-2-1-5-14-10)3-6-15-12(19)9-4-7-21-8-9/h1-2,4-5,7-8,14H,3,6H2,(H,15,19)(H,16,18)(H,17,20). The second kappa shape index (κ2) is 7.25. The van der Waals surface area contributed by atoms with Crippen LogP contribution in [0.1, 0.15) is 27.3 Å². The summed E-state index contributed by atoms with van der Waals surface area (Å²) in [6, 6.07) is 4.97. The number of carbonyl (C=O) groups is 3. The van der Waals surface area contributed by atoms with E-state index in [-0.39, 0.29) is 24.8 Å². The van der Waals surface area contributed by atoms with Gasteiger partial charge in [0.05, 0.1) is 0 Å². The zero-order valence-corrected chi connectivity index (χ0v) is 11.8. The minimum Gasteiger partial charge on any atom is -0.357 e. The second-order valence-electron chi connectivity index (χ2n) is 4.10. The Kier molecular flexibility index (Phi) is 5.10. The molecule has 0 aromatic carbocycles. The fourth-order valence-electron chi connectivity index (χ4n) is 1.51. The van der Waals surface area contributed by atoms with Crippen LogP contribution in [0.2, 0.25) is 0 Å². The number of amides is 3. The van der Waals surface area contributed by atoms with Gasteiger partial charge in [0.15, 0.2) is 0 Å². The highest BCUT2D eigenvalue weighted by Gasteiger charge is 2.09. The molecule has 0 unspecified atom stereocenters. The van der Waals surface area contributed by atoms with E-state index in [1.165, 1.54) is 11.3 Å². The fourth-order valence-corrected chi connectivity index (χ4v) is 2.15. The molecule has 0 aliphatic heterocycles. The zero-order chi connectivity index (χ0) is 15.1. The molecule has 7 nitrogen and oxygen atoms in total. The zero-order valence-electron chi connectivity index (χ0n) is 11.0. The molecular formula is C13H14N4O3S. The average Bonchev–Trinajstić information content (AvgIpc) is 3.16. The summed E-state index contributed by atoms with van der Waals surface area (Å²) in [4.78, 5) is 37.3. The van der Waals surface area contributed by atoms with Crippen molar-refractivity contribution in [3.05, 3.63) is 46.4 Å². The number of H-pyrrole nitrogens is 1. The van der Waals surface area contributed by atoms with E-state index in [4.69, 9.17) is 0 Å². The summed E-state index contributed by atoms with van der Waals surface area (Å²) in [5, 5.41) is 6.15. The van der Waals surface area contributed by atoms with Crippen LogP contribution in [0, 0.1) is 0 Å². The van der Waals surface area contributed by atoms with Gasteiger partial charge in [0.2, 0.25) is 5.91 Å². The third-order valence-electron chi connectivity index (χ3n) is 2.58. The average molecular weight is 306 g/mol. The molecule has 4 N–H and O–H groups in total. The minimum absolute atomic E-state index is 0.0703. The van der Waals surface area contributed by atoms with Gasteiger partial charge in [-0.15, -0.1) is 0 Å². The SMILES string of the molecule is O=C(CCNC(=O)c1ccsc1)NNC(=O)c1ccc[nH]1. The van der Waals surface area contributed by atoms with Gasteiger partial charge in [-0.05, 0) is 23.6 Å². The molecule has 21 heavy (non-hydrogen) atoms. The molecule has 2 rings (SSSR count). The molecule has 0 fully saturated rings. The number of rotatable bonds is 5. The predicted molar refractivity (Wildman–Crippen MR) is 77.7 cm³/mol. The number of hydrogen-bond donors (Lipinski definition) is 4. The van der Waals surface area contributed by atoms with Crippen molar-refractivity contribution in [3.8, 4) is 0 Å². The molecule has 0 bridgehead atoms. The molecule has 0 aliphatic rings.